The quantitative estimate of drug-likeness (QED) is 0.727. The highest BCUT2D eigenvalue weighted by atomic mass is 32.1. The fourth-order valence-corrected chi connectivity index (χ4v) is 3.98. The lowest BCUT2D eigenvalue weighted by atomic mass is 9.98. The third-order valence-corrected chi connectivity index (χ3v) is 5.36. The van der Waals surface area contributed by atoms with Gasteiger partial charge in [-0.15, -0.1) is 11.3 Å². The summed E-state index contributed by atoms with van der Waals surface area (Å²) in [4.78, 5) is 23.7. The van der Waals surface area contributed by atoms with E-state index in [1.165, 1.54) is 0 Å². The minimum Gasteiger partial charge on any atom is -0.337 e. The molecule has 0 radical (unpaired) electrons. The minimum absolute atomic E-state index is 0.0226. The molecule has 0 saturated carbocycles. The first-order chi connectivity index (χ1) is 11.2. The molecule has 1 atom stereocenters. The Hall–Kier alpha value is -2.21. The monoisotopic (exact) mass is 326 g/mol. The van der Waals surface area contributed by atoms with E-state index in [1.54, 1.807) is 11.3 Å². The van der Waals surface area contributed by atoms with Crippen LogP contribution < -0.4 is 0 Å². The summed E-state index contributed by atoms with van der Waals surface area (Å²) >= 11 is 1.68. The normalized spacial score (nSPS) is 18.5. The molecule has 118 valence electrons. The Labute approximate surface area is 138 Å². The molecule has 5 nitrogen and oxygen atoms in total. The third-order valence-electron chi connectivity index (χ3n) is 4.42. The molecule has 3 aromatic rings. The number of hydrogen-bond donors (Lipinski definition) is 0. The number of hydrogen-bond acceptors (Lipinski definition) is 4. The molecule has 1 saturated heterocycles. The average Bonchev–Trinajstić information content (AvgIpc) is 3.24. The lowest BCUT2D eigenvalue weighted by Crippen LogP contribution is -2.39. The van der Waals surface area contributed by atoms with Crippen LogP contribution in [0.1, 0.15) is 39.9 Å². The van der Waals surface area contributed by atoms with Gasteiger partial charge in [-0.05, 0) is 31.9 Å². The van der Waals surface area contributed by atoms with Gasteiger partial charge in [0.1, 0.15) is 11.3 Å². The molecule has 1 fully saturated rings. The number of rotatable bonds is 2. The number of aromatic nitrogens is 3. The molecule has 0 N–H and O–H groups in total. The van der Waals surface area contributed by atoms with Crippen molar-refractivity contribution in [3.8, 4) is 0 Å². The molecule has 1 amide bonds. The van der Waals surface area contributed by atoms with Crippen LogP contribution in [-0.4, -0.2) is 38.3 Å². The molecule has 6 heteroatoms. The van der Waals surface area contributed by atoms with Crippen LogP contribution in [0, 0.1) is 6.92 Å². The molecule has 1 unspecified atom stereocenters. The van der Waals surface area contributed by atoms with Crippen LogP contribution in [0.15, 0.2) is 36.0 Å². The van der Waals surface area contributed by atoms with E-state index >= 15 is 0 Å². The molecule has 4 heterocycles. The maximum Gasteiger partial charge on any atom is 0.274 e. The predicted octanol–water partition coefficient (Wildman–Crippen LogP) is 3.12. The van der Waals surface area contributed by atoms with Gasteiger partial charge in [0.05, 0.1) is 5.01 Å². The Kier molecular flexibility index (Phi) is 3.61. The number of carbonyl (C=O) groups is 1. The molecule has 4 rings (SSSR count). The highest BCUT2D eigenvalue weighted by molar-refractivity contribution is 7.09. The number of thiazole rings is 1. The summed E-state index contributed by atoms with van der Waals surface area (Å²) in [6, 6.07) is 5.91. The lowest BCUT2D eigenvalue weighted by Gasteiger charge is -2.31. The first kappa shape index (κ1) is 14.4. The maximum absolute atomic E-state index is 12.8. The zero-order chi connectivity index (χ0) is 15.8. The number of likely N-dealkylation sites (tertiary alicyclic amines) is 1. The Morgan fingerprint density at radius 2 is 2.30 bits per heavy atom. The third kappa shape index (κ3) is 2.63. The van der Waals surface area contributed by atoms with Crippen molar-refractivity contribution in [3.05, 3.63) is 52.4 Å². The fourth-order valence-electron chi connectivity index (χ4n) is 3.21. The SMILES string of the molecule is Cc1cccc2nc(C(=O)N3CCCC(c4nccs4)C3)cn12. The predicted molar refractivity (Wildman–Crippen MR) is 89.9 cm³/mol. The number of imidazole rings is 1. The van der Waals surface area contributed by atoms with Crippen molar-refractivity contribution in [1.82, 2.24) is 19.3 Å². The summed E-state index contributed by atoms with van der Waals surface area (Å²) in [6.45, 7) is 3.55. The molecular weight excluding hydrogens is 308 g/mol. The maximum atomic E-state index is 12.8. The Balaban J connectivity index is 1.58. The second kappa shape index (κ2) is 5.77. The van der Waals surface area contributed by atoms with Crippen LogP contribution in [0.5, 0.6) is 0 Å². The first-order valence-corrected chi connectivity index (χ1v) is 8.74. The van der Waals surface area contributed by atoms with Gasteiger partial charge in [-0.2, -0.15) is 0 Å². The number of aryl methyl sites for hydroxylation is 1. The van der Waals surface area contributed by atoms with Crippen LogP contribution in [0.2, 0.25) is 0 Å². The molecule has 1 aliphatic heterocycles. The van der Waals surface area contributed by atoms with E-state index < -0.39 is 0 Å². The largest absolute Gasteiger partial charge is 0.337 e. The van der Waals surface area contributed by atoms with Gasteiger partial charge in [0.25, 0.3) is 5.91 Å². The van der Waals surface area contributed by atoms with E-state index in [1.807, 2.05) is 52.2 Å². The van der Waals surface area contributed by atoms with E-state index in [0.29, 0.717) is 11.6 Å². The van der Waals surface area contributed by atoms with Crippen molar-refractivity contribution in [2.75, 3.05) is 13.1 Å². The van der Waals surface area contributed by atoms with E-state index in [-0.39, 0.29) is 5.91 Å². The number of piperidine rings is 1. The number of fused-ring (bicyclic) bond motifs is 1. The highest BCUT2D eigenvalue weighted by Gasteiger charge is 2.28. The van der Waals surface area contributed by atoms with Gasteiger partial charge >= 0.3 is 0 Å². The number of pyridine rings is 1. The van der Waals surface area contributed by atoms with Crippen LogP contribution in [0.4, 0.5) is 0 Å². The van der Waals surface area contributed by atoms with E-state index in [4.69, 9.17) is 0 Å². The summed E-state index contributed by atoms with van der Waals surface area (Å²) in [5, 5.41) is 3.13. The van der Waals surface area contributed by atoms with Crippen molar-refractivity contribution < 1.29 is 4.79 Å². The summed E-state index contributed by atoms with van der Waals surface area (Å²) in [5.74, 6) is 0.376. The van der Waals surface area contributed by atoms with Crippen molar-refractivity contribution in [2.24, 2.45) is 0 Å². The molecular formula is C17H18N4OS. The molecule has 23 heavy (non-hydrogen) atoms. The van der Waals surface area contributed by atoms with Gasteiger partial charge in [-0.25, -0.2) is 9.97 Å². The Morgan fingerprint density at radius 1 is 1.39 bits per heavy atom. The van der Waals surface area contributed by atoms with Gasteiger partial charge < -0.3 is 9.30 Å². The highest BCUT2D eigenvalue weighted by Crippen LogP contribution is 2.28. The first-order valence-electron chi connectivity index (χ1n) is 7.86. The van der Waals surface area contributed by atoms with E-state index in [0.717, 1.165) is 42.3 Å². The fraction of sp³-hybridized carbons (Fsp3) is 0.353. The van der Waals surface area contributed by atoms with Crippen LogP contribution >= 0.6 is 11.3 Å². The Morgan fingerprint density at radius 3 is 3.09 bits per heavy atom. The molecule has 0 aromatic carbocycles. The van der Waals surface area contributed by atoms with E-state index in [9.17, 15) is 4.79 Å². The van der Waals surface area contributed by atoms with Gasteiger partial charge in [0.2, 0.25) is 0 Å². The van der Waals surface area contributed by atoms with Crippen molar-refractivity contribution in [2.45, 2.75) is 25.7 Å². The zero-order valence-corrected chi connectivity index (χ0v) is 13.8. The summed E-state index contributed by atoms with van der Waals surface area (Å²) in [7, 11) is 0. The number of amides is 1. The number of nitrogens with zero attached hydrogens (tertiary/aromatic N) is 4. The molecule has 3 aromatic heterocycles. The molecule has 0 bridgehead atoms. The number of carbonyl (C=O) groups excluding carboxylic acids is 1. The Bertz CT molecular complexity index is 840. The van der Waals surface area contributed by atoms with Gasteiger partial charge in [-0.3, -0.25) is 4.79 Å². The standard InChI is InChI=1S/C17H18N4OS/c1-12-4-2-6-15-19-14(11-21(12)15)17(22)20-8-3-5-13(10-20)16-18-7-9-23-16/h2,4,6-7,9,11,13H,3,5,8,10H2,1H3. The second-order valence-corrected chi connectivity index (χ2v) is 6.91. The molecule has 1 aliphatic rings. The van der Waals surface area contributed by atoms with Crippen LogP contribution in [0.3, 0.4) is 0 Å². The van der Waals surface area contributed by atoms with Crippen molar-refractivity contribution in [1.29, 1.82) is 0 Å². The molecule has 0 aliphatic carbocycles. The second-order valence-electron chi connectivity index (χ2n) is 5.98. The smallest absolute Gasteiger partial charge is 0.274 e. The minimum atomic E-state index is 0.0226. The summed E-state index contributed by atoms with van der Waals surface area (Å²) < 4.78 is 1.97. The van der Waals surface area contributed by atoms with Crippen molar-refractivity contribution in [3.63, 3.8) is 0 Å². The molecule has 0 spiro atoms. The van der Waals surface area contributed by atoms with Gasteiger partial charge in [0.15, 0.2) is 0 Å². The van der Waals surface area contributed by atoms with E-state index in [2.05, 4.69) is 9.97 Å². The zero-order valence-electron chi connectivity index (χ0n) is 13.0. The average molecular weight is 326 g/mol. The van der Waals surface area contributed by atoms with Crippen molar-refractivity contribution >= 4 is 22.9 Å². The van der Waals surface area contributed by atoms with Crippen LogP contribution in [0.25, 0.3) is 5.65 Å². The van der Waals surface area contributed by atoms with Crippen LogP contribution in [-0.2, 0) is 0 Å². The topological polar surface area (TPSA) is 50.5 Å². The van der Waals surface area contributed by atoms with Gasteiger partial charge in [-0.1, -0.05) is 6.07 Å². The summed E-state index contributed by atoms with van der Waals surface area (Å²) in [5.41, 5.74) is 2.43. The summed E-state index contributed by atoms with van der Waals surface area (Å²) in [6.07, 6.45) is 5.80. The van der Waals surface area contributed by atoms with Gasteiger partial charge in [0, 0.05) is 42.5 Å². The lowest BCUT2D eigenvalue weighted by molar-refractivity contribution is 0.0702.